The van der Waals surface area contributed by atoms with E-state index in [0.717, 1.165) is 29.9 Å². The van der Waals surface area contributed by atoms with Crippen LogP contribution in [0.3, 0.4) is 0 Å². The molecular formula is C12H19N3O2S. The molecule has 0 bridgehead atoms. The number of aliphatic carboxylic acids is 1. The maximum Gasteiger partial charge on any atom is 0.313 e. The molecule has 1 fully saturated rings. The van der Waals surface area contributed by atoms with Gasteiger partial charge >= 0.3 is 5.97 Å². The maximum absolute atomic E-state index is 10.6. The highest BCUT2D eigenvalue weighted by atomic mass is 32.2. The molecule has 2 rings (SSSR count). The van der Waals surface area contributed by atoms with E-state index in [1.807, 2.05) is 6.92 Å². The Morgan fingerprint density at radius 1 is 1.56 bits per heavy atom. The lowest BCUT2D eigenvalue weighted by Gasteiger charge is -2.14. The first-order valence-electron chi connectivity index (χ1n) is 6.38. The second kappa shape index (κ2) is 5.73. The molecule has 1 N–H and O–H groups in total. The molecule has 1 heterocycles. The number of rotatable bonds is 7. The van der Waals surface area contributed by atoms with E-state index in [2.05, 4.69) is 21.7 Å². The van der Waals surface area contributed by atoms with Crippen LogP contribution >= 0.6 is 11.8 Å². The van der Waals surface area contributed by atoms with Crippen LogP contribution in [-0.4, -0.2) is 31.6 Å². The van der Waals surface area contributed by atoms with Gasteiger partial charge in [-0.3, -0.25) is 4.79 Å². The van der Waals surface area contributed by atoms with Crippen LogP contribution in [-0.2, 0) is 17.8 Å². The smallest absolute Gasteiger partial charge is 0.313 e. The van der Waals surface area contributed by atoms with Gasteiger partial charge in [-0.25, -0.2) is 0 Å². The molecular weight excluding hydrogens is 250 g/mol. The Kier molecular flexibility index (Phi) is 4.27. The third-order valence-electron chi connectivity index (χ3n) is 3.33. The molecule has 0 saturated heterocycles. The summed E-state index contributed by atoms with van der Waals surface area (Å²) in [7, 11) is 0. The van der Waals surface area contributed by atoms with Gasteiger partial charge in [-0.05, 0) is 24.7 Å². The lowest BCUT2D eigenvalue weighted by Crippen LogP contribution is -2.13. The number of carboxylic acid groups (broad SMARTS) is 1. The first kappa shape index (κ1) is 13.4. The fraction of sp³-hybridized carbons (Fsp3) is 0.750. The van der Waals surface area contributed by atoms with E-state index in [-0.39, 0.29) is 5.75 Å². The molecule has 100 valence electrons. The third-order valence-corrected chi connectivity index (χ3v) is 4.28. The van der Waals surface area contributed by atoms with Crippen molar-refractivity contribution < 1.29 is 9.90 Å². The number of aromatic nitrogens is 3. The van der Waals surface area contributed by atoms with E-state index < -0.39 is 5.97 Å². The minimum absolute atomic E-state index is 0.0413. The Balaban J connectivity index is 2.08. The molecule has 0 radical (unpaired) electrons. The van der Waals surface area contributed by atoms with Crippen LogP contribution in [0.2, 0.25) is 0 Å². The minimum Gasteiger partial charge on any atom is -0.481 e. The SMILES string of the molecule is CCc1nnc(SCC(=O)O)n1CC(C)C1CC1. The summed E-state index contributed by atoms with van der Waals surface area (Å²) in [5.74, 6) is 1.63. The molecule has 1 atom stereocenters. The molecule has 1 saturated carbocycles. The van der Waals surface area contributed by atoms with Crippen molar-refractivity contribution in [2.45, 2.75) is 44.8 Å². The summed E-state index contributed by atoms with van der Waals surface area (Å²) in [5, 5.41) is 17.7. The quantitative estimate of drug-likeness (QED) is 0.767. The normalized spacial score (nSPS) is 16.8. The van der Waals surface area contributed by atoms with Gasteiger partial charge in [0.1, 0.15) is 5.82 Å². The Morgan fingerprint density at radius 3 is 2.83 bits per heavy atom. The van der Waals surface area contributed by atoms with Gasteiger partial charge in [-0.1, -0.05) is 25.6 Å². The predicted molar refractivity (Wildman–Crippen MR) is 69.6 cm³/mol. The molecule has 6 heteroatoms. The number of carboxylic acids is 1. The summed E-state index contributed by atoms with van der Waals surface area (Å²) in [4.78, 5) is 10.6. The largest absolute Gasteiger partial charge is 0.481 e. The third kappa shape index (κ3) is 3.25. The second-order valence-corrected chi connectivity index (χ2v) is 5.80. The minimum atomic E-state index is -0.817. The van der Waals surface area contributed by atoms with E-state index in [0.29, 0.717) is 5.92 Å². The average Bonchev–Trinajstić information content (AvgIpc) is 3.11. The summed E-state index contributed by atoms with van der Waals surface area (Å²) in [6, 6.07) is 0. The Morgan fingerprint density at radius 2 is 2.28 bits per heavy atom. The summed E-state index contributed by atoms with van der Waals surface area (Å²) in [6.07, 6.45) is 3.47. The van der Waals surface area contributed by atoms with Crippen molar-refractivity contribution >= 4 is 17.7 Å². The van der Waals surface area contributed by atoms with Gasteiger partial charge in [0.25, 0.3) is 0 Å². The fourth-order valence-corrected chi connectivity index (χ4v) is 2.79. The number of thioether (sulfide) groups is 1. The summed E-state index contributed by atoms with van der Waals surface area (Å²) >= 11 is 1.26. The van der Waals surface area contributed by atoms with Gasteiger partial charge in [-0.2, -0.15) is 0 Å². The fourth-order valence-electron chi connectivity index (χ4n) is 2.10. The van der Waals surface area contributed by atoms with E-state index >= 15 is 0 Å². The van der Waals surface area contributed by atoms with Crippen molar-refractivity contribution in [3.05, 3.63) is 5.82 Å². The molecule has 0 spiro atoms. The first-order chi connectivity index (χ1) is 8.61. The van der Waals surface area contributed by atoms with Crippen LogP contribution in [0.4, 0.5) is 0 Å². The van der Waals surface area contributed by atoms with Gasteiger partial charge in [0.15, 0.2) is 5.16 Å². The molecule has 1 aliphatic carbocycles. The van der Waals surface area contributed by atoms with E-state index in [1.54, 1.807) is 0 Å². The predicted octanol–water partition coefficient (Wildman–Crippen LogP) is 2.06. The molecule has 0 aliphatic heterocycles. The van der Waals surface area contributed by atoms with Crippen molar-refractivity contribution in [3.8, 4) is 0 Å². The number of nitrogens with zero attached hydrogens (tertiary/aromatic N) is 3. The number of aryl methyl sites for hydroxylation is 1. The van der Waals surface area contributed by atoms with E-state index in [4.69, 9.17) is 5.11 Å². The highest BCUT2D eigenvalue weighted by Gasteiger charge is 2.29. The zero-order valence-corrected chi connectivity index (χ0v) is 11.6. The van der Waals surface area contributed by atoms with Crippen LogP contribution in [0.1, 0.15) is 32.5 Å². The van der Waals surface area contributed by atoms with Gasteiger partial charge in [0, 0.05) is 13.0 Å². The van der Waals surface area contributed by atoms with E-state index in [9.17, 15) is 4.79 Å². The Bertz CT molecular complexity index is 429. The lowest BCUT2D eigenvalue weighted by molar-refractivity contribution is -0.133. The zero-order valence-electron chi connectivity index (χ0n) is 10.8. The molecule has 1 unspecified atom stereocenters. The number of hydrogen-bond donors (Lipinski definition) is 1. The molecule has 1 aliphatic rings. The summed E-state index contributed by atoms with van der Waals surface area (Å²) < 4.78 is 2.09. The van der Waals surface area contributed by atoms with Crippen LogP contribution in [0.15, 0.2) is 5.16 Å². The van der Waals surface area contributed by atoms with Crippen LogP contribution < -0.4 is 0 Å². The van der Waals surface area contributed by atoms with Crippen molar-refractivity contribution in [1.82, 2.24) is 14.8 Å². The van der Waals surface area contributed by atoms with Gasteiger partial charge in [-0.15, -0.1) is 10.2 Å². The highest BCUT2D eigenvalue weighted by molar-refractivity contribution is 7.99. The van der Waals surface area contributed by atoms with Crippen LogP contribution in [0.5, 0.6) is 0 Å². The maximum atomic E-state index is 10.6. The molecule has 5 nitrogen and oxygen atoms in total. The molecule has 1 aromatic rings. The van der Waals surface area contributed by atoms with Crippen molar-refractivity contribution in [1.29, 1.82) is 0 Å². The highest BCUT2D eigenvalue weighted by Crippen LogP contribution is 2.37. The van der Waals surface area contributed by atoms with E-state index in [1.165, 1.54) is 24.6 Å². The first-order valence-corrected chi connectivity index (χ1v) is 7.37. The van der Waals surface area contributed by atoms with Gasteiger partial charge in [0.2, 0.25) is 0 Å². The number of carbonyl (C=O) groups is 1. The molecule has 1 aromatic heterocycles. The molecule has 0 amide bonds. The topological polar surface area (TPSA) is 68.0 Å². The molecule has 18 heavy (non-hydrogen) atoms. The standard InChI is InChI=1S/C12H19N3O2S/c1-3-10-13-14-12(18-7-11(16)17)15(10)6-8(2)9-4-5-9/h8-9H,3-7H2,1-2H3,(H,16,17). The monoisotopic (exact) mass is 269 g/mol. The van der Waals surface area contributed by atoms with Crippen molar-refractivity contribution in [3.63, 3.8) is 0 Å². The Hall–Kier alpha value is -1.04. The van der Waals surface area contributed by atoms with Crippen LogP contribution in [0.25, 0.3) is 0 Å². The van der Waals surface area contributed by atoms with Crippen molar-refractivity contribution in [2.75, 3.05) is 5.75 Å². The van der Waals surface area contributed by atoms with Gasteiger partial charge < -0.3 is 9.67 Å². The Labute approximate surface area is 111 Å². The second-order valence-electron chi connectivity index (χ2n) is 4.86. The number of hydrogen-bond acceptors (Lipinski definition) is 4. The van der Waals surface area contributed by atoms with Crippen LogP contribution in [0, 0.1) is 11.8 Å². The average molecular weight is 269 g/mol. The summed E-state index contributed by atoms with van der Waals surface area (Å²) in [5.41, 5.74) is 0. The lowest BCUT2D eigenvalue weighted by atomic mass is 10.1. The van der Waals surface area contributed by atoms with Crippen molar-refractivity contribution in [2.24, 2.45) is 11.8 Å². The zero-order chi connectivity index (χ0) is 13.1. The van der Waals surface area contributed by atoms with Gasteiger partial charge in [0.05, 0.1) is 5.75 Å². The summed E-state index contributed by atoms with van der Waals surface area (Å²) in [6.45, 7) is 5.21. The molecule has 0 aromatic carbocycles.